The van der Waals surface area contributed by atoms with E-state index in [2.05, 4.69) is 25.5 Å². The maximum atomic E-state index is 12.2. The number of aromatic amines is 1. The summed E-state index contributed by atoms with van der Waals surface area (Å²) in [6, 6.07) is 8.89. The molecule has 3 heterocycles. The van der Waals surface area contributed by atoms with Gasteiger partial charge in [-0.25, -0.2) is 4.98 Å². The molecule has 0 aliphatic carbocycles. The Morgan fingerprint density at radius 2 is 2.07 bits per heavy atom. The van der Waals surface area contributed by atoms with Gasteiger partial charge in [-0.1, -0.05) is 0 Å². The number of H-pyrrole nitrogens is 1. The minimum absolute atomic E-state index is 0.102. The number of nitrogens with one attached hydrogen (secondary N) is 3. The minimum atomic E-state index is -0.280. The zero-order valence-corrected chi connectivity index (χ0v) is 16.6. The molecule has 9 nitrogen and oxygen atoms in total. The lowest BCUT2D eigenvalue weighted by Gasteiger charge is -2.25. The van der Waals surface area contributed by atoms with E-state index in [4.69, 9.17) is 9.15 Å². The van der Waals surface area contributed by atoms with Gasteiger partial charge in [0.1, 0.15) is 5.82 Å². The van der Waals surface area contributed by atoms with Gasteiger partial charge in [-0.3, -0.25) is 14.5 Å². The van der Waals surface area contributed by atoms with E-state index in [-0.39, 0.29) is 17.6 Å². The summed E-state index contributed by atoms with van der Waals surface area (Å²) in [5, 5.41) is 5.62. The largest absolute Gasteiger partial charge is 0.459 e. The number of nitrogens with zero attached hydrogens (tertiary/aromatic N) is 2. The maximum Gasteiger partial charge on any atom is 0.286 e. The minimum Gasteiger partial charge on any atom is -0.459 e. The second kappa shape index (κ2) is 9.55. The van der Waals surface area contributed by atoms with Crippen LogP contribution < -0.4 is 10.6 Å². The number of carbonyl (C=O) groups is 2. The number of morpholine rings is 1. The predicted molar refractivity (Wildman–Crippen MR) is 111 cm³/mol. The quantitative estimate of drug-likeness (QED) is 0.490. The topological polar surface area (TPSA) is 112 Å². The van der Waals surface area contributed by atoms with Crippen molar-refractivity contribution in [3.63, 3.8) is 0 Å². The number of furan rings is 1. The molecule has 4 rings (SSSR count). The van der Waals surface area contributed by atoms with Crippen LogP contribution in [0.15, 0.2) is 41.0 Å². The summed E-state index contributed by atoms with van der Waals surface area (Å²) < 4.78 is 10.4. The molecule has 1 fully saturated rings. The van der Waals surface area contributed by atoms with Gasteiger partial charge >= 0.3 is 0 Å². The highest BCUT2D eigenvalue weighted by atomic mass is 16.5. The number of carbonyl (C=O) groups excluding carboxylic acids is 2. The summed E-state index contributed by atoms with van der Waals surface area (Å²) in [6.07, 6.45) is 2.29. The van der Waals surface area contributed by atoms with E-state index in [0.29, 0.717) is 25.1 Å². The molecule has 30 heavy (non-hydrogen) atoms. The zero-order valence-electron chi connectivity index (χ0n) is 16.6. The molecule has 2 aromatic heterocycles. The molecular formula is C21H25N5O4. The van der Waals surface area contributed by atoms with Crippen LogP contribution in [0, 0.1) is 0 Å². The maximum absolute atomic E-state index is 12.2. The third-order valence-corrected chi connectivity index (χ3v) is 4.90. The van der Waals surface area contributed by atoms with Gasteiger partial charge in [0, 0.05) is 31.7 Å². The third kappa shape index (κ3) is 5.25. The molecule has 0 atom stereocenters. The van der Waals surface area contributed by atoms with Crippen molar-refractivity contribution in [1.82, 2.24) is 20.2 Å². The van der Waals surface area contributed by atoms with E-state index < -0.39 is 0 Å². The molecule has 0 bridgehead atoms. The summed E-state index contributed by atoms with van der Waals surface area (Å²) in [5.41, 5.74) is 2.48. The number of rotatable bonds is 8. The number of imidazole rings is 1. The van der Waals surface area contributed by atoms with Gasteiger partial charge in [0.2, 0.25) is 5.91 Å². The lowest BCUT2D eigenvalue weighted by atomic mass is 10.2. The monoisotopic (exact) mass is 411 g/mol. The van der Waals surface area contributed by atoms with Crippen molar-refractivity contribution in [2.75, 3.05) is 38.2 Å². The molecule has 9 heteroatoms. The summed E-state index contributed by atoms with van der Waals surface area (Å²) in [6.45, 7) is 4.47. The van der Waals surface area contributed by atoms with Crippen LogP contribution >= 0.6 is 0 Å². The molecule has 1 aliphatic rings. The van der Waals surface area contributed by atoms with Crippen molar-refractivity contribution in [1.29, 1.82) is 0 Å². The van der Waals surface area contributed by atoms with Crippen LogP contribution in [-0.4, -0.2) is 59.5 Å². The van der Waals surface area contributed by atoms with Gasteiger partial charge in [-0.05, 0) is 36.8 Å². The highest BCUT2D eigenvalue weighted by molar-refractivity contribution is 5.93. The fourth-order valence-corrected chi connectivity index (χ4v) is 3.36. The third-order valence-electron chi connectivity index (χ3n) is 4.90. The Bertz CT molecular complexity index is 992. The summed E-state index contributed by atoms with van der Waals surface area (Å²) in [4.78, 5) is 34.2. The first-order chi connectivity index (χ1) is 14.7. The van der Waals surface area contributed by atoms with E-state index in [9.17, 15) is 9.59 Å². The van der Waals surface area contributed by atoms with Gasteiger partial charge < -0.3 is 24.8 Å². The first kappa shape index (κ1) is 20.1. The average molecular weight is 411 g/mol. The number of hydrogen-bond acceptors (Lipinski definition) is 6. The van der Waals surface area contributed by atoms with Crippen molar-refractivity contribution >= 4 is 28.5 Å². The van der Waals surface area contributed by atoms with Crippen LogP contribution in [0.5, 0.6) is 0 Å². The van der Waals surface area contributed by atoms with Crippen LogP contribution in [0.4, 0.5) is 5.69 Å². The molecule has 0 saturated carbocycles. The number of anilines is 1. The normalized spacial score (nSPS) is 14.7. The average Bonchev–Trinajstić information content (AvgIpc) is 3.41. The molecule has 0 spiro atoms. The van der Waals surface area contributed by atoms with Crippen LogP contribution in [0.1, 0.15) is 29.2 Å². The fraction of sp³-hybridized carbons (Fsp3) is 0.381. The first-order valence-electron chi connectivity index (χ1n) is 10.1. The molecule has 2 amide bonds. The molecule has 158 valence electrons. The van der Waals surface area contributed by atoms with E-state index >= 15 is 0 Å². The molecule has 1 saturated heterocycles. The molecule has 0 radical (unpaired) electrons. The number of benzene rings is 1. The molecule has 1 aromatic carbocycles. The number of hydrogen-bond donors (Lipinski definition) is 3. The summed E-state index contributed by atoms with van der Waals surface area (Å²) in [7, 11) is 0. The number of amides is 2. The molecule has 3 aromatic rings. The standard InChI is InChI=1S/C21H25N5O4/c27-20(4-1-7-22-21(28)18-3-2-10-30-18)23-15-5-6-16-17(13-15)25-19(24-16)14-26-8-11-29-12-9-26/h2-3,5-6,10,13H,1,4,7-9,11-12,14H2,(H,22,28)(H,23,27)(H,24,25). The van der Waals surface area contributed by atoms with Crippen molar-refractivity contribution in [3.8, 4) is 0 Å². The van der Waals surface area contributed by atoms with Crippen LogP contribution in [0.25, 0.3) is 11.0 Å². The van der Waals surface area contributed by atoms with Crippen molar-refractivity contribution in [2.24, 2.45) is 0 Å². The Balaban J connectivity index is 1.24. The predicted octanol–water partition coefficient (Wildman–Crippen LogP) is 2.14. The highest BCUT2D eigenvalue weighted by Crippen LogP contribution is 2.18. The van der Waals surface area contributed by atoms with Crippen molar-refractivity contribution < 1.29 is 18.7 Å². The lowest BCUT2D eigenvalue weighted by molar-refractivity contribution is -0.116. The van der Waals surface area contributed by atoms with Gasteiger partial charge in [-0.2, -0.15) is 0 Å². The number of ether oxygens (including phenoxy) is 1. The summed E-state index contributed by atoms with van der Waals surface area (Å²) in [5.74, 6) is 0.788. The zero-order chi connectivity index (χ0) is 20.8. The second-order valence-electron chi connectivity index (χ2n) is 7.19. The number of aromatic nitrogens is 2. The molecule has 0 unspecified atom stereocenters. The van der Waals surface area contributed by atoms with Crippen molar-refractivity contribution in [2.45, 2.75) is 19.4 Å². The lowest BCUT2D eigenvalue weighted by Crippen LogP contribution is -2.35. The Morgan fingerprint density at radius 1 is 1.20 bits per heavy atom. The van der Waals surface area contributed by atoms with Gasteiger partial charge in [0.05, 0.1) is 37.1 Å². The van der Waals surface area contributed by atoms with Crippen LogP contribution in [0.3, 0.4) is 0 Å². The van der Waals surface area contributed by atoms with Crippen molar-refractivity contribution in [3.05, 3.63) is 48.2 Å². The second-order valence-corrected chi connectivity index (χ2v) is 7.19. The van der Waals surface area contributed by atoms with Gasteiger partial charge in [0.25, 0.3) is 5.91 Å². The Morgan fingerprint density at radius 3 is 2.87 bits per heavy atom. The number of fused-ring (bicyclic) bond motifs is 1. The molecule has 1 aliphatic heterocycles. The Labute approximate surface area is 173 Å². The Kier molecular flexibility index (Phi) is 6.41. The van der Waals surface area contributed by atoms with E-state index in [1.54, 1.807) is 12.1 Å². The molecule has 3 N–H and O–H groups in total. The summed E-state index contributed by atoms with van der Waals surface area (Å²) >= 11 is 0. The first-order valence-corrected chi connectivity index (χ1v) is 10.1. The SMILES string of the molecule is O=C(CCCNC(=O)c1ccco1)Nc1ccc2nc(CN3CCOCC3)[nH]c2c1. The Hall–Kier alpha value is -3.17. The van der Waals surface area contributed by atoms with E-state index in [1.807, 2.05) is 18.2 Å². The van der Waals surface area contributed by atoms with Gasteiger partial charge in [0.15, 0.2) is 5.76 Å². The van der Waals surface area contributed by atoms with Gasteiger partial charge in [-0.15, -0.1) is 0 Å². The fourth-order valence-electron chi connectivity index (χ4n) is 3.36. The van der Waals surface area contributed by atoms with Crippen LogP contribution in [0.2, 0.25) is 0 Å². The smallest absolute Gasteiger partial charge is 0.286 e. The molecular weight excluding hydrogens is 386 g/mol. The highest BCUT2D eigenvalue weighted by Gasteiger charge is 2.13. The van der Waals surface area contributed by atoms with Crippen LogP contribution in [-0.2, 0) is 16.1 Å². The van der Waals surface area contributed by atoms with E-state index in [0.717, 1.165) is 49.7 Å². The van der Waals surface area contributed by atoms with E-state index in [1.165, 1.54) is 6.26 Å².